The van der Waals surface area contributed by atoms with E-state index in [2.05, 4.69) is 4.98 Å². The number of aliphatic hydroxyl groups excluding tert-OH is 1. The van der Waals surface area contributed by atoms with E-state index in [1.54, 1.807) is 32.2 Å². The number of likely N-dealkylation sites (N-methyl/N-ethyl adjacent to an activating group) is 1. The number of aromatic nitrogens is 1. The molecule has 0 saturated heterocycles. The number of carbonyl (C=O) groups is 1. The Kier molecular flexibility index (Phi) is 3.31. The maximum Gasteiger partial charge on any atom is 0.256 e. The quantitative estimate of drug-likeness (QED) is 0.822. The fourth-order valence-corrected chi connectivity index (χ4v) is 1.69. The minimum absolute atomic E-state index is 0.103. The number of nitrogens with two attached hydrogens (primary N) is 1. The fraction of sp³-hybridized carbons (Fsp3) is 0.333. The first-order chi connectivity index (χ1) is 8.52. The molecule has 1 unspecified atom stereocenters. The molecular formula is C12H15N3O3. The lowest BCUT2D eigenvalue weighted by Crippen LogP contribution is -2.40. The molecule has 3 N–H and O–H groups in total. The highest BCUT2D eigenvalue weighted by Gasteiger charge is 2.19. The second-order valence-corrected chi connectivity index (χ2v) is 4.03. The molecule has 6 nitrogen and oxygen atoms in total. The number of oxazole rings is 1. The van der Waals surface area contributed by atoms with E-state index in [0.29, 0.717) is 22.7 Å². The van der Waals surface area contributed by atoms with Crippen molar-refractivity contribution < 1.29 is 14.3 Å². The number of aliphatic hydroxyl groups is 1. The molecule has 0 radical (unpaired) electrons. The summed E-state index contributed by atoms with van der Waals surface area (Å²) in [7, 11) is 1.58. The summed E-state index contributed by atoms with van der Waals surface area (Å²) in [5.74, 6) is 0.121. The Hall–Kier alpha value is -1.92. The van der Waals surface area contributed by atoms with E-state index in [1.165, 1.54) is 4.90 Å². The molecule has 1 aromatic carbocycles. The van der Waals surface area contributed by atoms with Crippen molar-refractivity contribution in [2.45, 2.75) is 13.0 Å². The van der Waals surface area contributed by atoms with Gasteiger partial charge in [-0.2, -0.15) is 0 Å². The lowest BCUT2D eigenvalue weighted by molar-refractivity contribution is -0.125. The van der Waals surface area contributed by atoms with Gasteiger partial charge in [-0.25, -0.2) is 4.98 Å². The summed E-state index contributed by atoms with van der Waals surface area (Å²) >= 11 is 0. The van der Waals surface area contributed by atoms with Gasteiger partial charge in [0.15, 0.2) is 11.5 Å². The number of nitrogens with zero attached hydrogens (tertiary/aromatic N) is 2. The summed E-state index contributed by atoms with van der Waals surface area (Å²) in [6.45, 7) is 1.65. The highest BCUT2D eigenvalue weighted by Crippen LogP contribution is 2.22. The Morgan fingerprint density at radius 3 is 3.00 bits per heavy atom. The molecule has 2 rings (SSSR count). The third-order valence-electron chi connectivity index (χ3n) is 2.70. The fourth-order valence-electron chi connectivity index (χ4n) is 1.69. The molecule has 1 heterocycles. The van der Waals surface area contributed by atoms with Gasteiger partial charge in [0.25, 0.3) is 5.91 Å². The second-order valence-electron chi connectivity index (χ2n) is 4.03. The van der Waals surface area contributed by atoms with E-state index in [9.17, 15) is 9.90 Å². The third-order valence-corrected chi connectivity index (χ3v) is 2.70. The highest BCUT2D eigenvalue weighted by atomic mass is 16.3. The van der Waals surface area contributed by atoms with Crippen LogP contribution in [0, 0.1) is 6.92 Å². The van der Waals surface area contributed by atoms with Crippen LogP contribution in [0.1, 0.15) is 5.89 Å². The Labute approximate surface area is 104 Å². The lowest BCUT2D eigenvalue weighted by atomic mass is 10.2. The number of rotatable bonds is 3. The predicted molar refractivity (Wildman–Crippen MR) is 67.2 cm³/mol. The van der Waals surface area contributed by atoms with Gasteiger partial charge in [0.05, 0.1) is 0 Å². The first-order valence-electron chi connectivity index (χ1n) is 5.56. The summed E-state index contributed by atoms with van der Waals surface area (Å²) in [6, 6.07) is 5.20. The summed E-state index contributed by atoms with van der Waals surface area (Å²) in [4.78, 5) is 17.3. The monoisotopic (exact) mass is 249 g/mol. The zero-order chi connectivity index (χ0) is 13.3. The molecule has 0 fully saturated rings. The van der Waals surface area contributed by atoms with Crippen LogP contribution in [0.25, 0.3) is 11.1 Å². The van der Waals surface area contributed by atoms with Gasteiger partial charge in [-0.3, -0.25) is 4.79 Å². The number of carbonyl (C=O) groups excluding carboxylic acids is 1. The Bertz CT molecular complexity index is 579. The first kappa shape index (κ1) is 12.5. The van der Waals surface area contributed by atoms with Crippen molar-refractivity contribution in [1.29, 1.82) is 0 Å². The molecule has 0 saturated carbocycles. The van der Waals surface area contributed by atoms with Crippen molar-refractivity contribution in [3.05, 3.63) is 24.1 Å². The highest BCUT2D eigenvalue weighted by molar-refractivity contribution is 5.97. The molecule has 18 heavy (non-hydrogen) atoms. The summed E-state index contributed by atoms with van der Waals surface area (Å²) < 4.78 is 5.35. The van der Waals surface area contributed by atoms with E-state index >= 15 is 0 Å². The van der Waals surface area contributed by atoms with Crippen LogP contribution < -0.4 is 10.6 Å². The van der Waals surface area contributed by atoms with Crippen molar-refractivity contribution in [3.63, 3.8) is 0 Å². The normalized spacial score (nSPS) is 12.7. The molecule has 96 valence electrons. The molecule has 6 heteroatoms. The van der Waals surface area contributed by atoms with Crippen molar-refractivity contribution in [2.24, 2.45) is 5.73 Å². The smallest absolute Gasteiger partial charge is 0.256 e. The number of hydrogen-bond donors (Lipinski definition) is 2. The molecule has 1 aromatic heterocycles. The minimum Gasteiger partial charge on any atom is -0.441 e. The van der Waals surface area contributed by atoms with Gasteiger partial charge in [0, 0.05) is 26.2 Å². The third kappa shape index (κ3) is 2.20. The summed E-state index contributed by atoms with van der Waals surface area (Å²) in [6.07, 6.45) is -1.19. The largest absolute Gasteiger partial charge is 0.441 e. The number of anilines is 1. The van der Waals surface area contributed by atoms with Crippen LogP contribution in [0.4, 0.5) is 5.69 Å². The van der Waals surface area contributed by atoms with Crippen LogP contribution >= 0.6 is 0 Å². The summed E-state index contributed by atoms with van der Waals surface area (Å²) in [5.41, 5.74) is 7.23. The molecule has 0 aliphatic heterocycles. The Morgan fingerprint density at radius 1 is 1.61 bits per heavy atom. The van der Waals surface area contributed by atoms with Gasteiger partial charge in [0.2, 0.25) is 0 Å². The molecule has 1 atom stereocenters. The van der Waals surface area contributed by atoms with E-state index in [-0.39, 0.29) is 6.54 Å². The Morgan fingerprint density at radius 2 is 2.33 bits per heavy atom. The van der Waals surface area contributed by atoms with Crippen LogP contribution in [0.5, 0.6) is 0 Å². The van der Waals surface area contributed by atoms with E-state index in [4.69, 9.17) is 10.2 Å². The van der Waals surface area contributed by atoms with Gasteiger partial charge >= 0.3 is 0 Å². The van der Waals surface area contributed by atoms with Crippen molar-refractivity contribution in [2.75, 3.05) is 18.5 Å². The lowest BCUT2D eigenvalue weighted by Gasteiger charge is -2.19. The van der Waals surface area contributed by atoms with Gasteiger partial charge in [-0.15, -0.1) is 0 Å². The maximum atomic E-state index is 11.8. The molecular weight excluding hydrogens is 234 g/mol. The predicted octanol–water partition coefficient (Wildman–Crippen LogP) is 0.419. The average Bonchev–Trinajstić information content (AvgIpc) is 2.74. The average molecular weight is 249 g/mol. The van der Waals surface area contributed by atoms with Gasteiger partial charge in [0.1, 0.15) is 11.6 Å². The van der Waals surface area contributed by atoms with Crippen molar-refractivity contribution in [3.8, 4) is 0 Å². The SMILES string of the molecule is Cc1nc2cc(N(C)C(=O)C(O)CN)ccc2o1. The van der Waals surface area contributed by atoms with E-state index in [0.717, 1.165) is 0 Å². The molecule has 0 spiro atoms. The second kappa shape index (κ2) is 4.75. The summed E-state index contributed by atoms with van der Waals surface area (Å²) in [5, 5.41) is 9.43. The number of hydrogen-bond acceptors (Lipinski definition) is 5. The van der Waals surface area contributed by atoms with E-state index in [1.807, 2.05) is 0 Å². The Balaban J connectivity index is 2.32. The van der Waals surface area contributed by atoms with Crippen LogP contribution in [-0.2, 0) is 4.79 Å². The minimum atomic E-state index is -1.19. The first-order valence-corrected chi connectivity index (χ1v) is 5.56. The topological polar surface area (TPSA) is 92.6 Å². The number of benzene rings is 1. The van der Waals surface area contributed by atoms with Crippen molar-refractivity contribution >= 4 is 22.7 Å². The molecule has 0 aliphatic carbocycles. The maximum absolute atomic E-state index is 11.8. The standard InChI is InChI=1S/C12H15N3O3/c1-7-14-9-5-8(3-4-11(9)18-7)15(2)12(17)10(16)6-13/h3-5,10,16H,6,13H2,1-2H3. The van der Waals surface area contributed by atoms with Gasteiger partial charge < -0.3 is 20.2 Å². The number of amides is 1. The van der Waals surface area contributed by atoms with Crippen LogP contribution in [0.3, 0.4) is 0 Å². The van der Waals surface area contributed by atoms with E-state index < -0.39 is 12.0 Å². The van der Waals surface area contributed by atoms with Gasteiger partial charge in [-0.05, 0) is 18.2 Å². The van der Waals surface area contributed by atoms with Crippen LogP contribution in [-0.4, -0.2) is 35.7 Å². The zero-order valence-electron chi connectivity index (χ0n) is 10.3. The van der Waals surface area contributed by atoms with Crippen LogP contribution in [0.15, 0.2) is 22.6 Å². The molecule has 0 bridgehead atoms. The van der Waals surface area contributed by atoms with Crippen molar-refractivity contribution in [1.82, 2.24) is 4.98 Å². The molecule has 0 aliphatic rings. The van der Waals surface area contributed by atoms with Crippen LogP contribution in [0.2, 0.25) is 0 Å². The number of aryl methyl sites for hydroxylation is 1. The zero-order valence-corrected chi connectivity index (χ0v) is 10.3. The van der Waals surface area contributed by atoms with Gasteiger partial charge in [-0.1, -0.05) is 0 Å². The number of fused-ring (bicyclic) bond motifs is 1. The molecule has 1 amide bonds. The molecule has 2 aromatic rings.